The summed E-state index contributed by atoms with van der Waals surface area (Å²) in [6, 6.07) is 5.95. The van der Waals surface area contributed by atoms with Crippen LogP contribution in [0.1, 0.15) is 22.3 Å². The number of aromatic nitrogens is 4. The minimum atomic E-state index is -0.313. The summed E-state index contributed by atoms with van der Waals surface area (Å²) in [5, 5.41) is 4.17. The zero-order valence-corrected chi connectivity index (χ0v) is 22.3. The van der Waals surface area contributed by atoms with Crippen molar-refractivity contribution in [3.8, 4) is 10.6 Å². The first-order chi connectivity index (χ1) is 17.6. The maximum Gasteiger partial charge on any atom is 0.316 e. The second-order valence-corrected chi connectivity index (χ2v) is 11.0. The van der Waals surface area contributed by atoms with Crippen LogP contribution >= 0.6 is 34.4 Å². The quantitative estimate of drug-likeness (QED) is 0.196. The minimum Gasteiger partial charge on any atom is -0.468 e. The maximum absolute atomic E-state index is 13.1. The number of ether oxygens (including phenoxy) is 1. The topological polar surface area (TPSA) is 101 Å². The Morgan fingerprint density at radius 3 is 2.72 bits per heavy atom. The molecule has 0 unspecified atom stereocenters. The molecule has 4 aromatic rings. The first-order valence-corrected chi connectivity index (χ1v) is 14.1. The van der Waals surface area contributed by atoms with E-state index in [0.717, 1.165) is 33.0 Å². The lowest BCUT2D eigenvalue weighted by molar-refractivity contribution is -0.137. The van der Waals surface area contributed by atoms with Crippen molar-refractivity contribution in [1.82, 2.24) is 24.8 Å². The van der Waals surface area contributed by atoms with Gasteiger partial charge in [-0.2, -0.15) is 0 Å². The number of amides is 1. The maximum atomic E-state index is 13.1. The Labute approximate surface area is 220 Å². The molecule has 9 nitrogen and oxygen atoms in total. The number of thiazole rings is 1. The number of carbonyl (C=O) groups excluding carboxylic acids is 2. The fourth-order valence-electron chi connectivity index (χ4n) is 3.88. The first-order valence-electron chi connectivity index (χ1n) is 11.5. The molecule has 1 amide bonds. The Balaban J connectivity index is 1.31. The molecule has 5 heterocycles. The molecule has 0 aromatic carbocycles. The summed E-state index contributed by atoms with van der Waals surface area (Å²) in [6.07, 6.45) is 4.39. The Morgan fingerprint density at radius 1 is 1.17 bits per heavy atom. The lowest BCUT2D eigenvalue weighted by Crippen LogP contribution is -2.49. The molecule has 1 saturated heterocycles. The number of thiophene rings is 1. The van der Waals surface area contributed by atoms with E-state index in [0.29, 0.717) is 37.0 Å². The summed E-state index contributed by atoms with van der Waals surface area (Å²) in [5.41, 5.74) is 1.37. The van der Waals surface area contributed by atoms with Gasteiger partial charge in [-0.15, -0.1) is 22.7 Å². The largest absolute Gasteiger partial charge is 0.468 e. The number of methoxy groups -OCH3 is 1. The summed E-state index contributed by atoms with van der Waals surface area (Å²) in [7, 11) is 1.37. The van der Waals surface area contributed by atoms with Gasteiger partial charge in [0.1, 0.15) is 21.3 Å². The molecule has 4 aromatic heterocycles. The molecular weight excluding hydrogens is 517 g/mol. The molecule has 0 radical (unpaired) electrons. The van der Waals surface area contributed by atoms with Crippen molar-refractivity contribution in [2.45, 2.75) is 18.5 Å². The highest BCUT2D eigenvalue weighted by Gasteiger charge is 2.26. The van der Waals surface area contributed by atoms with Crippen molar-refractivity contribution >= 4 is 62.3 Å². The highest BCUT2D eigenvalue weighted by atomic mass is 32.2. The van der Waals surface area contributed by atoms with E-state index in [1.165, 1.54) is 35.1 Å². The van der Waals surface area contributed by atoms with Crippen LogP contribution in [0.25, 0.3) is 20.8 Å². The Bertz CT molecular complexity index is 1380. The summed E-state index contributed by atoms with van der Waals surface area (Å²) in [6.45, 7) is 4.55. The average molecular weight is 541 g/mol. The molecule has 12 heteroatoms. The molecule has 36 heavy (non-hydrogen) atoms. The molecule has 1 aliphatic heterocycles. The number of fused-ring (bicyclic) bond motifs is 1. The van der Waals surface area contributed by atoms with Gasteiger partial charge < -0.3 is 14.5 Å². The second-order valence-electron chi connectivity index (χ2n) is 8.04. The number of nitrogens with zero attached hydrogens (tertiary/aromatic N) is 6. The van der Waals surface area contributed by atoms with Crippen LogP contribution in [0.3, 0.4) is 0 Å². The van der Waals surface area contributed by atoms with Crippen LogP contribution in [-0.4, -0.2) is 75.8 Å². The van der Waals surface area contributed by atoms with Gasteiger partial charge in [0.2, 0.25) is 0 Å². The average Bonchev–Trinajstić information content (AvgIpc) is 3.59. The molecule has 1 aliphatic rings. The van der Waals surface area contributed by atoms with Gasteiger partial charge in [-0.05, 0) is 24.6 Å². The zero-order valence-electron chi connectivity index (χ0n) is 19.8. The Kier molecular flexibility index (Phi) is 7.44. The van der Waals surface area contributed by atoms with Crippen molar-refractivity contribution in [3.63, 3.8) is 0 Å². The van der Waals surface area contributed by atoms with Crippen molar-refractivity contribution < 1.29 is 14.3 Å². The third kappa shape index (κ3) is 5.20. The number of carbonyl (C=O) groups is 2. The van der Waals surface area contributed by atoms with Crippen molar-refractivity contribution in [3.05, 3.63) is 46.5 Å². The monoisotopic (exact) mass is 540 g/mol. The van der Waals surface area contributed by atoms with Crippen molar-refractivity contribution in [1.29, 1.82) is 0 Å². The molecule has 0 aliphatic carbocycles. The van der Waals surface area contributed by atoms with E-state index in [4.69, 9.17) is 9.72 Å². The molecule has 0 bridgehead atoms. The van der Waals surface area contributed by atoms with Gasteiger partial charge >= 0.3 is 5.97 Å². The molecule has 0 atom stereocenters. The van der Waals surface area contributed by atoms with E-state index in [1.807, 2.05) is 22.4 Å². The number of esters is 1. The van der Waals surface area contributed by atoms with Gasteiger partial charge in [0.15, 0.2) is 5.16 Å². The third-order valence-electron chi connectivity index (χ3n) is 5.80. The normalized spacial score (nSPS) is 13.8. The molecule has 186 valence electrons. The van der Waals surface area contributed by atoms with E-state index in [9.17, 15) is 9.59 Å². The standard InChI is InChI=1S/C24H24N6O3S3/c1-3-16-11-17-20(27-24(28-22(17)36-16)35-14-19(31)33-2)29-7-9-30(10-8-29)23(32)18-13-34-21(26-18)15-5-4-6-25-12-15/h4-6,11-13H,3,7-10,14H2,1-2H3. The number of pyridine rings is 1. The molecular formula is C24H24N6O3S3. The Hall–Kier alpha value is -3.09. The van der Waals surface area contributed by atoms with Gasteiger partial charge in [-0.1, -0.05) is 18.7 Å². The van der Waals surface area contributed by atoms with Crippen LogP contribution in [0.5, 0.6) is 0 Å². The van der Waals surface area contributed by atoms with Gasteiger partial charge in [-0.3, -0.25) is 14.6 Å². The van der Waals surface area contributed by atoms with Crippen LogP contribution in [0, 0.1) is 0 Å². The smallest absolute Gasteiger partial charge is 0.316 e. The van der Waals surface area contributed by atoms with Crippen molar-refractivity contribution in [2.75, 3.05) is 43.9 Å². The van der Waals surface area contributed by atoms with Gasteiger partial charge in [0.25, 0.3) is 5.91 Å². The summed E-state index contributed by atoms with van der Waals surface area (Å²) in [5.74, 6) is 0.631. The van der Waals surface area contributed by atoms with E-state index < -0.39 is 0 Å². The van der Waals surface area contributed by atoms with Crippen molar-refractivity contribution in [2.24, 2.45) is 0 Å². The van der Waals surface area contributed by atoms with Gasteiger partial charge in [-0.25, -0.2) is 15.0 Å². The molecule has 0 saturated carbocycles. The number of thioether (sulfide) groups is 1. The summed E-state index contributed by atoms with van der Waals surface area (Å²) < 4.78 is 4.76. The van der Waals surface area contributed by atoms with Crippen LogP contribution in [0.15, 0.2) is 41.1 Å². The second kappa shape index (κ2) is 10.9. The third-order valence-corrected chi connectivity index (χ3v) is 8.68. The highest BCUT2D eigenvalue weighted by molar-refractivity contribution is 7.99. The van der Waals surface area contributed by atoms with E-state index in [1.54, 1.807) is 23.7 Å². The number of hydrogen-bond donors (Lipinski definition) is 0. The zero-order chi connectivity index (χ0) is 25.1. The van der Waals surface area contributed by atoms with Crippen LogP contribution < -0.4 is 4.90 Å². The first kappa shape index (κ1) is 24.6. The van der Waals surface area contributed by atoms with E-state index in [-0.39, 0.29) is 17.6 Å². The fraction of sp³-hybridized carbons (Fsp3) is 0.333. The van der Waals surface area contributed by atoms with Crippen LogP contribution in [0.2, 0.25) is 0 Å². The fourth-order valence-corrected chi connectivity index (χ4v) is 6.35. The number of anilines is 1. The SMILES string of the molecule is CCc1cc2c(N3CCN(C(=O)c4csc(-c5cccnc5)n4)CC3)nc(SCC(=O)OC)nc2s1. The molecule has 5 rings (SSSR count). The predicted octanol–water partition coefficient (Wildman–Crippen LogP) is 4.00. The Morgan fingerprint density at radius 2 is 2.00 bits per heavy atom. The van der Waals surface area contributed by atoms with E-state index >= 15 is 0 Å². The summed E-state index contributed by atoms with van der Waals surface area (Å²) >= 11 is 4.37. The number of piperazine rings is 1. The summed E-state index contributed by atoms with van der Waals surface area (Å²) in [4.78, 5) is 49.1. The van der Waals surface area contributed by atoms with Gasteiger partial charge in [0.05, 0.1) is 18.2 Å². The van der Waals surface area contributed by atoms with Crippen LogP contribution in [0.4, 0.5) is 5.82 Å². The number of hydrogen-bond acceptors (Lipinski definition) is 11. The number of aryl methyl sites for hydroxylation is 1. The minimum absolute atomic E-state index is 0.0630. The van der Waals surface area contributed by atoms with Gasteiger partial charge in [0, 0.05) is 54.4 Å². The van der Waals surface area contributed by atoms with Crippen LogP contribution in [-0.2, 0) is 16.0 Å². The van der Waals surface area contributed by atoms with E-state index in [2.05, 4.69) is 32.8 Å². The molecule has 0 N–H and O–H groups in total. The highest BCUT2D eigenvalue weighted by Crippen LogP contribution is 2.34. The lowest BCUT2D eigenvalue weighted by Gasteiger charge is -2.35. The molecule has 0 spiro atoms. The number of rotatable bonds is 7. The molecule has 1 fully saturated rings. The predicted molar refractivity (Wildman–Crippen MR) is 143 cm³/mol. The lowest BCUT2D eigenvalue weighted by atomic mass is 10.2.